The molecule has 1 fully saturated rings. The summed E-state index contributed by atoms with van der Waals surface area (Å²) in [6, 6.07) is 0. The summed E-state index contributed by atoms with van der Waals surface area (Å²) in [4.78, 5) is 0. The van der Waals surface area contributed by atoms with Gasteiger partial charge in [-0.15, -0.1) is 0 Å². The molecule has 0 radical (unpaired) electrons. The maximum atomic E-state index is 11.4. The van der Waals surface area contributed by atoms with Crippen LogP contribution in [0.25, 0.3) is 0 Å². The van der Waals surface area contributed by atoms with E-state index in [4.69, 9.17) is 5.11 Å². The second-order valence-corrected chi connectivity index (χ2v) is 6.16. The minimum absolute atomic E-state index is 0.0667. The van der Waals surface area contributed by atoms with Crippen molar-refractivity contribution < 1.29 is 13.5 Å². The van der Waals surface area contributed by atoms with E-state index in [2.05, 4.69) is 4.72 Å². The summed E-state index contributed by atoms with van der Waals surface area (Å²) in [6.07, 6.45) is 5.84. The van der Waals surface area contributed by atoms with Crippen molar-refractivity contribution >= 4 is 10.0 Å². The van der Waals surface area contributed by atoms with E-state index in [1.165, 1.54) is 12.8 Å². The van der Waals surface area contributed by atoms with Crippen molar-refractivity contribution in [2.75, 3.05) is 18.9 Å². The maximum absolute atomic E-state index is 11.4. The van der Waals surface area contributed by atoms with E-state index in [0.29, 0.717) is 19.4 Å². The monoisotopic (exact) mass is 235 g/mol. The van der Waals surface area contributed by atoms with Crippen LogP contribution in [0.3, 0.4) is 0 Å². The van der Waals surface area contributed by atoms with Crippen LogP contribution in [0.2, 0.25) is 0 Å². The molecule has 0 aromatic rings. The number of aliphatic hydroxyl groups excluding tert-OH is 1. The first-order valence-electron chi connectivity index (χ1n) is 5.72. The van der Waals surface area contributed by atoms with Crippen LogP contribution in [0.5, 0.6) is 0 Å². The molecule has 4 nitrogen and oxygen atoms in total. The van der Waals surface area contributed by atoms with Gasteiger partial charge in [-0.3, -0.25) is 0 Å². The van der Waals surface area contributed by atoms with Crippen LogP contribution in [-0.4, -0.2) is 32.4 Å². The Balaban J connectivity index is 2.00. The van der Waals surface area contributed by atoms with Crippen molar-refractivity contribution in [1.29, 1.82) is 0 Å². The topological polar surface area (TPSA) is 66.4 Å². The maximum Gasteiger partial charge on any atom is 0.211 e. The molecule has 1 aliphatic rings. The fourth-order valence-electron chi connectivity index (χ4n) is 1.50. The molecule has 0 saturated heterocycles. The van der Waals surface area contributed by atoms with Gasteiger partial charge in [-0.2, -0.15) is 0 Å². The molecule has 0 amide bonds. The van der Waals surface area contributed by atoms with Crippen LogP contribution < -0.4 is 4.72 Å². The number of aliphatic hydroxyl groups is 1. The van der Waals surface area contributed by atoms with E-state index >= 15 is 0 Å². The molecule has 5 heteroatoms. The number of unbranched alkanes of at least 4 members (excludes halogenated alkanes) is 1. The van der Waals surface area contributed by atoms with Crippen LogP contribution in [-0.2, 0) is 10.0 Å². The van der Waals surface area contributed by atoms with Crippen LogP contribution in [0.15, 0.2) is 0 Å². The molecular weight excluding hydrogens is 214 g/mol. The Hall–Kier alpha value is -0.130. The molecule has 1 rings (SSSR count). The van der Waals surface area contributed by atoms with E-state index in [1.807, 2.05) is 0 Å². The normalized spacial score (nSPS) is 16.9. The molecule has 0 atom stereocenters. The summed E-state index contributed by atoms with van der Waals surface area (Å²) in [6.45, 7) is 0.634. The van der Waals surface area contributed by atoms with Crippen LogP contribution >= 0.6 is 0 Å². The average Bonchev–Trinajstić information content (AvgIpc) is 2.96. The van der Waals surface area contributed by atoms with Gasteiger partial charge < -0.3 is 5.11 Å². The predicted octanol–water partition coefficient (Wildman–Crippen LogP) is 0.868. The van der Waals surface area contributed by atoms with Gasteiger partial charge in [0.05, 0.1) is 5.75 Å². The third-order valence-electron chi connectivity index (χ3n) is 2.63. The number of hydrogen-bond acceptors (Lipinski definition) is 3. The van der Waals surface area contributed by atoms with E-state index in [-0.39, 0.29) is 12.4 Å². The summed E-state index contributed by atoms with van der Waals surface area (Å²) < 4.78 is 25.3. The highest BCUT2D eigenvalue weighted by Crippen LogP contribution is 2.33. The molecule has 1 aliphatic carbocycles. The first-order valence-corrected chi connectivity index (χ1v) is 7.37. The molecule has 15 heavy (non-hydrogen) atoms. The van der Waals surface area contributed by atoms with Crippen molar-refractivity contribution in [2.24, 2.45) is 5.92 Å². The lowest BCUT2D eigenvalue weighted by Gasteiger charge is -2.05. The number of rotatable bonds is 9. The molecule has 0 bridgehead atoms. The van der Waals surface area contributed by atoms with Gasteiger partial charge in [-0.05, 0) is 31.6 Å². The third kappa shape index (κ3) is 6.87. The Labute approximate surface area is 92.1 Å². The largest absolute Gasteiger partial charge is 0.396 e. The Morgan fingerprint density at radius 3 is 2.53 bits per heavy atom. The van der Waals surface area contributed by atoms with Gasteiger partial charge in [-0.1, -0.05) is 12.8 Å². The van der Waals surface area contributed by atoms with Gasteiger partial charge in [-0.25, -0.2) is 13.1 Å². The van der Waals surface area contributed by atoms with Gasteiger partial charge in [0.25, 0.3) is 0 Å². The van der Waals surface area contributed by atoms with Crippen molar-refractivity contribution in [3.63, 3.8) is 0 Å². The summed E-state index contributed by atoms with van der Waals surface area (Å²) in [5.74, 6) is 1.00. The first kappa shape index (κ1) is 12.9. The highest BCUT2D eigenvalue weighted by atomic mass is 32.2. The molecule has 0 aromatic carbocycles. The van der Waals surface area contributed by atoms with Crippen molar-refractivity contribution in [3.8, 4) is 0 Å². The Bertz CT molecular complexity index is 260. The average molecular weight is 235 g/mol. The first-order chi connectivity index (χ1) is 7.14. The fourth-order valence-corrected chi connectivity index (χ4v) is 2.68. The second-order valence-electron chi connectivity index (χ2n) is 4.23. The fraction of sp³-hybridized carbons (Fsp3) is 1.00. The van der Waals surface area contributed by atoms with Crippen LogP contribution in [0.4, 0.5) is 0 Å². The molecular formula is C10H21NO3S. The molecule has 0 spiro atoms. The number of hydrogen-bond donors (Lipinski definition) is 2. The zero-order valence-electron chi connectivity index (χ0n) is 9.11. The Kier molecular flexibility index (Phi) is 5.56. The third-order valence-corrected chi connectivity index (χ3v) is 4.10. The van der Waals surface area contributed by atoms with E-state index in [1.54, 1.807) is 0 Å². The Morgan fingerprint density at radius 1 is 1.20 bits per heavy atom. The van der Waals surface area contributed by atoms with E-state index < -0.39 is 10.0 Å². The Morgan fingerprint density at radius 2 is 1.93 bits per heavy atom. The molecule has 90 valence electrons. The van der Waals surface area contributed by atoms with Gasteiger partial charge in [0, 0.05) is 13.2 Å². The van der Waals surface area contributed by atoms with E-state index in [9.17, 15) is 8.42 Å². The molecule has 0 aromatic heterocycles. The van der Waals surface area contributed by atoms with Gasteiger partial charge in [0.1, 0.15) is 0 Å². The SMILES string of the molecule is O=S(=O)(CCCCO)NCCCC1CC1. The summed E-state index contributed by atoms with van der Waals surface area (Å²) >= 11 is 0. The molecule has 1 saturated carbocycles. The minimum Gasteiger partial charge on any atom is -0.396 e. The predicted molar refractivity (Wildman–Crippen MR) is 60.1 cm³/mol. The smallest absolute Gasteiger partial charge is 0.211 e. The lowest BCUT2D eigenvalue weighted by molar-refractivity contribution is 0.287. The zero-order valence-corrected chi connectivity index (χ0v) is 9.93. The van der Waals surface area contributed by atoms with Crippen molar-refractivity contribution in [2.45, 2.75) is 38.5 Å². The molecule has 0 aliphatic heterocycles. The second kappa shape index (κ2) is 6.45. The number of sulfonamides is 1. The van der Waals surface area contributed by atoms with Crippen molar-refractivity contribution in [3.05, 3.63) is 0 Å². The molecule has 2 N–H and O–H groups in total. The zero-order chi connectivity index (χ0) is 11.1. The minimum atomic E-state index is -3.09. The van der Waals surface area contributed by atoms with E-state index in [0.717, 1.165) is 18.8 Å². The summed E-state index contributed by atoms with van der Waals surface area (Å²) in [5.41, 5.74) is 0. The van der Waals surface area contributed by atoms with Crippen LogP contribution in [0.1, 0.15) is 38.5 Å². The van der Waals surface area contributed by atoms with Gasteiger partial charge in [0.15, 0.2) is 0 Å². The van der Waals surface area contributed by atoms with Gasteiger partial charge in [0.2, 0.25) is 10.0 Å². The lowest BCUT2D eigenvalue weighted by atomic mass is 10.2. The highest BCUT2D eigenvalue weighted by Gasteiger charge is 2.20. The summed E-state index contributed by atoms with van der Waals surface area (Å²) in [7, 11) is -3.09. The quantitative estimate of drug-likeness (QED) is 0.583. The summed E-state index contributed by atoms with van der Waals surface area (Å²) in [5, 5.41) is 8.53. The molecule has 0 heterocycles. The van der Waals surface area contributed by atoms with Gasteiger partial charge >= 0.3 is 0 Å². The highest BCUT2D eigenvalue weighted by molar-refractivity contribution is 7.89. The lowest BCUT2D eigenvalue weighted by Crippen LogP contribution is -2.27. The standard InChI is InChI=1S/C10H21NO3S/c12-8-1-2-9-15(13,14)11-7-3-4-10-5-6-10/h10-12H,1-9H2. The van der Waals surface area contributed by atoms with Crippen LogP contribution in [0, 0.1) is 5.92 Å². The number of nitrogens with one attached hydrogen (secondary N) is 1. The van der Waals surface area contributed by atoms with Crippen molar-refractivity contribution in [1.82, 2.24) is 4.72 Å². The molecule has 0 unspecified atom stereocenters.